The van der Waals surface area contributed by atoms with Gasteiger partial charge in [-0.2, -0.15) is 0 Å². The van der Waals surface area contributed by atoms with Gasteiger partial charge in [0.2, 0.25) is 5.91 Å². The van der Waals surface area contributed by atoms with Crippen LogP contribution in [-0.4, -0.2) is 38.1 Å². The van der Waals surface area contributed by atoms with Gasteiger partial charge in [0.05, 0.1) is 11.7 Å². The fourth-order valence-electron chi connectivity index (χ4n) is 3.76. The molecule has 1 amide bonds. The first kappa shape index (κ1) is 23.3. The highest BCUT2D eigenvalue weighted by Crippen LogP contribution is 2.35. The molecule has 5 rings (SSSR count). The second-order valence-corrected chi connectivity index (χ2v) is 8.84. The van der Waals surface area contributed by atoms with Gasteiger partial charge in [0.1, 0.15) is 35.8 Å². The molecule has 2 heterocycles. The van der Waals surface area contributed by atoms with Crippen LogP contribution in [0, 0.1) is 25.7 Å². The third-order valence-corrected chi connectivity index (χ3v) is 5.90. The standard InChI is InChI=1S/C28H25N5O3/c1-18-13-21(5-8-25(18)36-22-6-3-19(2)29-15-22)32-27-23-14-20(4-7-24(23)30-17-31-27)9-10-28(11-12-28)33-26(35)16-34/h3-8,13-15,17,34H,11-12,16H2,1-2H3,(H,33,35)(H,30,31,32). The summed E-state index contributed by atoms with van der Waals surface area (Å²) in [5.74, 6) is 7.98. The van der Waals surface area contributed by atoms with Crippen molar-refractivity contribution >= 4 is 28.3 Å². The number of carbonyl (C=O) groups excluding carboxylic acids is 1. The minimum atomic E-state index is -0.543. The van der Waals surface area contributed by atoms with Gasteiger partial charge >= 0.3 is 0 Å². The van der Waals surface area contributed by atoms with E-state index in [4.69, 9.17) is 9.84 Å². The molecule has 1 aliphatic carbocycles. The van der Waals surface area contributed by atoms with Crippen LogP contribution in [-0.2, 0) is 4.79 Å². The molecule has 8 heteroatoms. The van der Waals surface area contributed by atoms with E-state index in [1.165, 1.54) is 6.33 Å². The summed E-state index contributed by atoms with van der Waals surface area (Å²) in [6, 6.07) is 15.4. The number of pyridine rings is 1. The summed E-state index contributed by atoms with van der Waals surface area (Å²) in [4.78, 5) is 24.6. The molecular formula is C28H25N5O3. The lowest BCUT2D eigenvalue weighted by molar-refractivity contribution is -0.124. The van der Waals surface area contributed by atoms with Crippen LogP contribution in [0.3, 0.4) is 0 Å². The number of benzene rings is 2. The predicted octanol–water partition coefficient (Wildman–Crippen LogP) is 4.17. The van der Waals surface area contributed by atoms with Crippen molar-refractivity contribution in [3.05, 3.63) is 77.9 Å². The van der Waals surface area contributed by atoms with Gasteiger partial charge in [-0.3, -0.25) is 9.78 Å². The van der Waals surface area contributed by atoms with Gasteiger partial charge in [0, 0.05) is 22.3 Å². The molecule has 0 unspecified atom stereocenters. The molecule has 0 saturated heterocycles. The molecule has 1 fully saturated rings. The molecule has 0 aliphatic heterocycles. The first-order valence-electron chi connectivity index (χ1n) is 11.6. The van der Waals surface area contributed by atoms with E-state index in [1.807, 2.05) is 62.4 Å². The Morgan fingerprint density at radius 1 is 1.08 bits per heavy atom. The van der Waals surface area contributed by atoms with Crippen LogP contribution in [0.15, 0.2) is 61.1 Å². The fourth-order valence-corrected chi connectivity index (χ4v) is 3.76. The van der Waals surface area contributed by atoms with Crippen LogP contribution in [0.2, 0.25) is 0 Å². The summed E-state index contributed by atoms with van der Waals surface area (Å²) >= 11 is 0. The van der Waals surface area contributed by atoms with Crippen molar-refractivity contribution < 1.29 is 14.6 Å². The van der Waals surface area contributed by atoms with Crippen molar-refractivity contribution in [2.45, 2.75) is 32.2 Å². The van der Waals surface area contributed by atoms with Crippen molar-refractivity contribution in [3.8, 4) is 23.3 Å². The summed E-state index contributed by atoms with van der Waals surface area (Å²) in [5, 5.41) is 16.0. The zero-order valence-corrected chi connectivity index (χ0v) is 20.0. The van der Waals surface area contributed by atoms with E-state index in [0.717, 1.165) is 52.0 Å². The lowest BCUT2D eigenvalue weighted by Gasteiger charge is -2.12. The smallest absolute Gasteiger partial charge is 0.246 e. The molecular weight excluding hydrogens is 454 g/mol. The third-order valence-electron chi connectivity index (χ3n) is 5.90. The number of hydrogen-bond donors (Lipinski definition) is 3. The Labute approximate surface area is 208 Å². The molecule has 0 radical (unpaired) electrons. The van der Waals surface area contributed by atoms with E-state index in [1.54, 1.807) is 6.20 Å². The summed E-state index contributed by atoms with van der Waals surface area (Å²) in [7, 11) is 0. The molecule has 2 aromatic carbocycles. The Morgan fingerprint density at radius 2 is 1.94 bits per heavy atom. The van der Waals surface area contributed by atoms with Crippen molar-refractivity contribution in [2.75, 3.05) is 11.9 Å². The molecule has 1 aliphatic rings. The number of ether oxygens (including phenoxy) is 1. The van der Waals surface area contributed by atoms with Crippen molar-refractivity contribution in [3.63, 3.8) is 0 Å². The van der Waals surface area contributed by atoms with Crippen LogP contribution < -0.4 is 15.4 Å². The average Bonchev–Trinajstić information content (AvgIpc) is 3.65. The number of anilines is 2. The molecule has 180 valence electrons. The first-order chi connectivity index (χ1) is 17.4. The van der Waals surface area contributed by atoms with Gasteiger partial charge in [-0.25, -0.2) is 9.97 Å². The maximum Gasteiger partial charge on any atom is 0.246 e. The highest BCUT2D eigenvalue weighted by molar-refractivity contribution is 5.91. The molecule has 2 aromatic heterocycles. The summed E-state index contributed by atoms with van der Waals surface area (Å²) in [6.45, 7) is 3.38. The van der Waals surface area contributed by atoms with E-state index >= 15 is 0 Å². The minimum absolute atomic E-state index is 0.414. The van der Waals surface area contributed by atoms with E-state index in [0.29, 0.717) is 11.6 Å². The van der Waals surface area contributed by atoms with Crippen molar-refractivity contribution in [1.82, 2.24) is 20.3 Å². The Bertz CT molecular complexity index is 1500. The lowest BCUT2D eigenvalue weighted by atomic mass is 10.1. The Balaban J connectivity index is 1.37. The van der Waals surface area contributed by atoms with E-state index in [9.17, 15) is 4.79 Å². The first-order valence-corrected chi connectivity index (χ1v) is 11.6. The molecule has 3 N–H and O–H groups in total. The van der Waals surface area contributed by atoms with Crippen LogP contribution in [0.25, 0.3) is 10.9 Å². The minimum Gasteiger partial charge on any atom is -0.455 e. The van der Waals surface area contributed by atoms with Crippen LogP contribution in [0.4, 0.5) is 11.5 Å². The van der Waals surface area contributed by atoms with Gasteiger partial charge in [0.25, 0.3) is 0 Å². The van der Waals surface area contributed by atoms with Crippen molar-refractivity contribution in [1.29, 1.82) is 0 Å². The Morgan fingerprint density at radius 3 is 2.67 bits per heavy atom. The average molecular weight is 480 g/mol. The molecule has 1 saturated carbocycles. The Kier molecular flexibility index (Phi) is 6.23. The van der Waals surface area contributed by atoms with E-state index in [-0.39, 0.29) is 0 Å². The zero-order valence-electron chi connectivity index (χ0n) is 20.0. The maximum absolute atomic E-state index is 11.6. The molecule has 36 heavy (non-hydrogen) atoms. The van der Waals surface area contributed by atoms with Gasteiger partial charge in [-0.15, -0.1) is 0 Å². The fraction of sp³-hybridized carbons (Fsp3) is 0.214. The number of amides is 1. The quantitative estimate of drug-likeness (QED) is 0.356. The highest BCUT2D eigenvalue weighted by atomic mass is 16.5. The lowest BCUT2D eigenvalue weighted by Crippen LogP contribution is -2.37. The SMILES string of the molecule is Cc1ccc(Oc2ccc(Nc3ncnc4ccc(C#CC5(NC(=O)CO)CC5)cc34)cc2C)cn1. The number of aryl methyl sites for hydroxylation is 2. The maximum atomic E-state index is 11.6. The predicted molar refractivity (Wildman–Crippen MR) is 137 cm³/mol. The second kappa shape index (κ2) is 9.64. The van der Waals surface area contributed by atoms with Gasteiger partial charge in [0.15, 0.2) is 0 Å². The number of fused-ring (bicyclic) bond motifs is 1. The number of aromatic nitrogens is 3. The van der Waals surface area contributed by atoms with E-state index < -0.39 is 18.1 Å². The van der Waals surface area contributed by atoms with Gasteiger partial charge in [-0.1, -0.05) is 11.8 Å². The van der Waals surface area contributed by atoms with Gasteiger partial charge < -0.3 is 20.5 Å². The largest absolute Gasteiger partial charge is 0.455 e. The molecule has 0 spiro atoms. The summed E-state index contributed by atoms with van der Waals surface area (Å²) in [5.41, 5.74) is 3.80. The van der Waals surface area contributed by atoms with Crippen molar-refractivity contribution in [2.24, 2.45) is 0 Å². The zero-order chi connectivity index (χ0) is 25.1. The summed E-state index contributed by atoms with van der Waals surface area (Å²) < 4.78 is 5.97. The molecule has 4 aromatic rings. The summed E-state index contributed by atoms with van der Waals surface area (Å²) in [6.07, 6.45) is 4.78. The normalized spacial score (nSPS) is 13.4. The molecule has 0 atom stereocenters. The van der Waals surface area contributed by atoms with Gasteiger partial charge in [-0.05, 0) is 80.8 Å². The number of rotatable bonds is 6. The molecule has 0 bridgehead atoms. The van der Waals surface area contributed by atoms with Crippen LogP contribution >= 0.6 is 0 Å². The molecule has 8 nitrogen and oxygen atoms in total. The van der Waals surface area contributed by atoms with E-state index in [2.05, 4.69) is 37.4 Å². The number of nitrogens with one attached hydrogen (secondary N) is 2. The number of aliphatic hydroxyl groups excluding tert-OH is 1. The number of aliphatic hydroxyl groups is 1. The number of carbonyl (C=O) groups is 1. The number of nitrogens with zero attached hydrogens (tertiary/aromatic N) is 3. The monoisotopic (exact) mass is 479 g/mol. The number of hydrogen-bond acceptors (Lipinski definition) is 7. The Hall–Kier alpha value is -4.48. The highest BCUT2D eigenvalue weighted by Gasteiger charge is 2.42. The third kappa shape index (κ3) is 5.27. The van der Waals surface area contributed by atoms with Crippen LogP contribution in [0.5, 0.6) is 11.5 Å². The van der Waals surface area contributed by atoms with Crippen LogP contribution in [0.1, 0.15) is 29.7 Å². The topological polar surface area (TPSA) is 109 Å². The second-order valence-electron chi connectivity index (χ2n) is 8.84.